The van der Waals surface area contributed by atoms with Crippen LogP contribution in [0.4, 0.5) is 0 Å². The van der Waals surface area contributed by atoms with Gasteiger partial charge in [-0.3, -0.25) is 5.10 Å². The van der Waals surface area contributed by atoms with Crippen LogP contribution in [0.2, 0.25) is 0 Å². The molecule has 0 fully saturated rings. The Bertz CT molecular complexity index is 551. The van der Waals surface area contributed by atoms with E-state index in [1.54, 1.807) is 6.20 Å². The Balaban J connectivity index is 2.01. The molecule has 0 aliphatic carbocycles. The molecule has 1 aromatic carbocycles. The molecule has 0 saturated heterocycles. The van der Waals surface area contributed by atoms with Crippen LogP contribution in [-0.4, -0.2) is 23.4 Å². The Morgan fingerprint density at radius 1 is 1.22 bits per heavy atom. The number of fused-ring (bicyclic) bond motifs is 1. The fraction of sp³-hybridized carbons (Fsp3) is 0.308. The van der Waals surface area contributed by atoms with E-state index in [9.17, 15) is 0 Å². The third-order valence-corrected chi connectivity index (χ3v) is 2.98. The van der Waals surface area contributed by atoms with Gasteiger partial charge < -0.3 is 15.2 Å². The van der Waals surface area contributed by atoms with Crippen LogP contribution in [0.1, 0.15) is 12.1 Å². The zero-order valence-corrected chi connectivity index (χ0v) is 9.98. The van der Waals surface area contributed by atoms with Crippen molar-refractivity contribution in [3.63, 3.8) is 0 Å². The van der Waals surface area contributed by atoms with Crippen molar-refractivity contribution >= 4 is 0 Å². The minimum Gasteiger partial charge on any atom is -0.490 e. The maximum absolute atomic E-state index is 5.67. The van der Waals surface area contributed by atoms with Gasteiger partial charge in [-0.1, -0.05) is 6.07 Å². The highest BCUT2D eigenvalue weighted by Gasteiger charge is 2.13. The van der Waals surface area contributed by atoms with Gasteiger partial charge in [0.15, 0.2) is 11.5 Å². The van der Waals surface area contributed by atoms with Gasteiger partial charge in [0.05, 0.1) is 25.1 Å². The van der Waals surface area contributed by atoms with E-state index in [-0.39, 0.29) is 0 Å². The largest absolute Gasteiger partial charge is 0.490 e. The molecule has 1 aliphatic heterocycles. The number of hydrogen-bond acceptors (Lipinski definition) is 4. The zero-order chi connectivity index (χ0) is 12.4. The topological polar surface area (TPSA) is 73.2 Å². The van der Waals surface area contributed by atoms with Crippen LogP contribution >= 0.6 is 0 Å². The van der Waals surface area contributed by atoms with E-state index in [4.69, 9.17) is 15.2 Å². The van der Waals surface area contributed by atoms with Crippen molar-refractivity contribution in [2.75, 3.05) is 13.2 Å². The Kier molecular flexibility index (Phi) is 2.90. The fourth-order valence-corrected chi connectivity index (χ4v) is 2.05. The summed E-state index contributed by atoms with van der Waals surface area (Å²) in [6.45, 7) is 1.82. The van der Waals surface area contributed by atoms with E-state index in [1.807, 2.05) is 18.2 Å². The number of aromatic amines is 1. The summed E-state index contributed by atoms with van der Waals surface area (Å²) in [5, 5.41) is 6.92. The van der Waals surface area contributed by atoms with Crippen LogP contribution in [0.25, 0.3) is 11.1 Å². The summed E-state index contributed by atoms with van der Waals surface area (Å²) >= 11 is 0. The van der Waals surface area contributed by atoms with E-state index in [0.29, 0.717) is 19.8 Å². The minimum absolute atomic E-state index is 0.434. The quantitative estimate of drug-likeness (QED) is 0.844. The van der Waals surface area contributed by atoms with Gasteiger partial charge >= 0.3 is 0 Å². The highest BCUT2D eigenvalue weighted by atomic mass is 16.5. The van der Waals surface area contributed by atoms with Gasteiger partial charge in [0, 0.05) is 18.5 Å². The zero-order valence-electron chi connectivity index (χ0n) is 9.98. The summed E-state index contributed by atoms with van der Waals surface area (Å²) in [7, 11) is 0. The second-order valence-electron chi connectivity index (χ2n) is 4.18. The van der Waals surface area contributed by atoms with E-state index in [2.05, 4.69) is 10.2 Å². The van der Waals surface area contributed by atoms with Crippen molar-refractivity contribution in [1.82, 2.24) is 10.2 Å². The van der Waals surface area contributed by atoms with Gasteiger partial charge in [-0.05, 0) is 17.7 Å². The molecule has 94 valence electrons. The molecule has 18 heavy (non-hydrogen) atoms. The Labute approximate surface area is 105 Å². The summed E-state index contributed by atoms with van der Waals surface area (Å²) in [5.74, 6) is 1.59. The summed E-state index contributed by atoms with van der Waals surface area (Å²) in [6.07, 6.45) is 2.69. The predicted octanol–water partition coefficient (Wildman–Crippen LogP) is 1.70. The Hall–Kier alpha value is -2.01. The number of nitrogens with two attached hydrogens (primary N) is 1. The van der Waals surface area contributed by atoms with Crippen LogP contribution < -0.4 is 15.2 Å². The monoisotopic (exact) mass is 245 g/mol. The molecule has 5 nitrogen and oxygen atoms in total. The summed E-state index contributed by atoms with van der Waals surface area (Å²) in [6, 6.07) is 5.91. The van der Waals surface area contributed by atoms with Crippen LogP contribution in [0.5, 0.6) is 11.5 Å². The lowest BCUT2D eigenvalue weighted by molar-refractivity contribution is 0.297. The molecule has 0 bridgehead atoms. The number of benzene rings is 1. The molecule has 0 saturated carbocycles. The molecule has 0 atom stereocenters. The Morgan fingerprint density at radius 3 is 2.89 bits per heavy atom. The standard InChI is InChI=1S/C13H15N3O2/c14-7-11-10(8-15-16-11)9-2-3-12-13(6-9)18-5-1-4-17-12/h2-3,6,8H,1,4-5,7,14H2,(H,15,16). The second kappa shape index (κ2) is 4.70. The first-order chi connectivity index (χ1) is 8.88. The highest BCUT2D eigenvalue weighted by molar-refractivity contribution is 5.68. The highest BCUT2D eigenvalue weighted by Crippen LogP contribution is 2.34. The lowest BCUT2D eigenvalue weighted by atomic mass is 10.1. The molecular formula is C13H15N3O2. The summed E-state index contributed by atoms with van der Waals surface area (Å²) in [5.41, 5.74) is 8.63. The third-order valence-electron chi connectivity index (χ3n) is 2.98. The van der Waals surface area contributed by atoms with Crippen LogP contribution in [0, 0.1) is 0 Å². The van der Waals surface area contributed by atoms with Gasteiger partial charge in [0.2, 0.25) is 0 Å². The maximum atomic E-state index is 5.67. The molecule has 0 spiro atoms. The van der Waals surface area contributed by atoms with Crippen LogP contribution in [0.3, 0.4) is 0 Å². The molecule has 0 unspecified atom stereocenters. The molecule has 3 N–H and O–H groups in total. The first kappa shape index (κ1) is 11.1. The molecule has 0 radical (unpaired) electrons. The molecule has 1 aliphatic rings. The van der Waals surface area contributed by atoms with E-state index in [1.165, 1.54) is 0 Å². The van der Waals surface area contributed by atoms with E-state index in [0.717, 1.165) is 34.7 Å². The first-order valence-corrected chi connectivity index (χ1v) is 6.01. The average molecular weight is 245 g/mol. The van der Waals surface area contributed by atoms with Gasteiger partial charge in [-0.15, -0.1) is 0 Å². The van der Waals surface area contributed by atoms with E-state index >= 15 is 0 Å². The van der Waals surface area contributed by atoms with Crippen molar-refractivity contribution in [3.05, 3.63) is 30.1 Å². The maximum Gasteiger partial charge on any atom is 0.161 e. The molecule has 0 amide bonds. The van der Waals surface area contributed by atoms with Crippen molar-refractivity contribution < 1.29 is 9.47 Å². The number of aromatic nitrogens is 2. The van der Waals surface area contributed by atoms with Crippen molar-refractivity contribution in [2.45, 2.75) is 13.0 Å². The fourth-order valence-electron chi connectivity index (χ4n) is 2.05. The number of rotatable bonds is 2. The number of ether oxygens (including phenoxy) is 2. The number of H-pyrrole nitrogens is 1. The molecule has 5 heteroatoms. The molecule has 1 aromatic heterocycles. The van der Waals surface area contributed by atoms with Gasteiger partial charge in [-0.2, -0.15) is 5.10 Å². The molecule has 2 heterocycles. The number of nitrogens with zero attached hydrogens (tertiary/aromatic N) is 1. The molecule has 2 aromatic rings. The van der Waals surface area contributed by atoms with Crippen molar-refractivity contribution in [2.24, 2.45) is 5.73 Å². The number of hydrogen-bond donors (Lipinski definition) is 2. The lowest BCUT2D eigenvalue weighted by Gasteiger charge is -2.09. The van der Waals surface area contributed by atoms with Crippen LogP contribution in [-0.2, 0) is 6.54 Å². The minimum atomic E-state index is 0.434. The van der Waals surface area contributed by atoms with Crippen LogP contribution in [0.15, 0.2) is 24.4 Å². The van der Waals surface area contributed by atoms with Gasteiger partial charge in [-0.25, -0.2) is 0 Å². The summed E-state index contributed by atoms with van der Waals surface area (Å²) in [4.78, 5) is 0. The molecule has 3 rings (SSSR count). The summed E-state index contributed by atoms with van der Waals surface area (Å²) < 4.78 is 11.3. The van der Waals surface area contributed by atoms with E-state index < -0.39 is 0 Å². The molecular weight excluding hydrogens is 230 g/mol. The van der Waals surface area contributed by atoms with Gasteiger partial charge in [0.25, 0.3) is 0 Å². The van der Waals surface area contributed by atoms with Crippen molar-refractivity contribution in [1.29, 1.82) is 0 Å². The smallest absolute Gasteiger partial charge is 0.161 e. The SMILES string of the molecule is NCc1[nH]ncc1-c1ccc2c(c1)OCCCO2. The average Bonchev–Trinajstić information content (AvgIpc) is 2.76. The predicted molar refractivity (Wildman–Crippen MR) is 67.5 cm³/mol. The third kappa shape index (κ3) is 1.93. The second-order valence-corrected chi connectivity index (χ2v) is 4.18. The van der Waals surface area contributed by atoms with Gasteiger partial charge in [0.1, 0.15) is 0 Å². The lowest BCUT2D eigenvalue weighted by Crippen LogP contribution is -1.98. The Morgan fingerprint density at radius 2 is 2.06 bits per heavy atom. The normalized spacial score (nSPS) is 14.3. The number of nitrogens with one attached hydrogen (secondary N) is 1. The van der Waals surface area contributed by atoms with Crippen molar-refractivity contribution in [3.8, 4) is 22.6 Å². The first-order valence-electron chi connectivity index (χ1n) is 6.01.